The summed E-state index contributed by atoms with van der Waals surface area (Å²) < 4.78 is 7.06. The van der Waals surface area contributed by atoms with Crippen LogP contribution in [0.2, 0.25) is 0 Å². The molecule has 78 valence electrons. The molecule has 1 rings (SSSR count). The number of nitrogens with zero attached hydrogens (tertiary/aromatic N) is 2. The third kappa shape index (κ3) is 3.02. The first-order valence-electron chi connectivity index (χ1n) is 4.17. The van der Waals surface area contributed by atoms with Crippen LogP contribution in [-0.2, 0) is 16.1 Å². The number of carbonyl (C=O) groups is 1. The second-order valence-electron chi connectivity index (χ2n) is 3.10. The summed E-state index contributed by atoms with van der Waals surface area (Å²) in [6.45, 7) is 3.67. The molecule has 0 radical (unpaired) electrons. The van der Waals surface area contributed by atoms with Crippen LogP contribution in [0.4, 0.5) is 5.82 Å². The Morgan fingerprint density at radius 3 is 2.86 bits per heavy atom. The molecule has 5 nitrogen and oxygen atoms in total. The van der Waals surface area contributed by atoms with Crippen LogP contribution >= 0.6 is 15.9 Å². The van der Waals surface area contributed by atoms with E-state index in [1.807, 2.05) is 0 Å². The van der Waals surface area contributed by atoms with Crippen molar-refractivity contribution in [2.75, 3.05) is 5.73 Å². The predicted octanol–water partition coefficient (Wildman–Crippen LogP) is 1.18. The van der Waals surface area contributed by atoms with Crippen molar-refractivity contribution in [3.05, 3.63) is 10.7 Å². The molecular formula is C8H12BrN3O2. The Bertz CT molecular complexity index is 316. The van der Waals surface area contributed by atoms with Crippen molar-refractivity contribution in [2.24, 2.45) is 0 Å². The summed E-state index contributed by atoms with van der Waals surface area (Å²) in [5.41, 5.74) is 5.49. The van der Waals surface area contributed by atoms with Gasteiger partial charge in [0, 0.05) is 6.20 Å². The quantitative estimate of drug-likeness (QED) is 0.830. The SMILES string of the molecule is CC(C)OC(=O)Cn1cc(Br)c(N)n1. The fourth-order valence-electron chi connectivity index (χ4n) is 0.925. The molecule has 0 aromatic carbocycles. The van der Waals surface area contributed by atoms with Gasteiger partial charge in [-0.15, -0.1) is 0 Å². The van der Waals surface area contributed by atoms with Gasteiger partial charge >= 0.3 is 5.97 Å². The van der Waals surface area contributed by atoms with Gasteiger partial charge in [0.15, 0.2) is 5.82 Å². The monoisotopic (exact) mass is 261 g/mol. The Morgan fingerprint density at radius 2 is 2.43 bits per heavy atom. The third-order valence-electron chi connectivity index (χ3n) is 1.40. The van der Waals surface area contributed by atoms with Gasteiger partial charge in [-0.2, -0.15) is 5.10 Å². The van der Waals surface area contributed by atoms with E-state index in [0.29, 0.717) is 10.3 Å². The summed E-state index contributed by atoms with van der Waals surface area (Å²) in [7, 11) is 0. The molecule has 0 atom stereocenters. The van der Waals surface area contributed by atoms with E-state index in [1.54, 1.807) is 20.0 Å². The smallest absolute Gasteiger partial charge is 0.328 e. The van der Waals surface area contributed by atoms with Crippen LogP contribution in [0.1, 0.15) is 13.8 Å². The fraction of sp³-hybridized carbons (Fsp3) is 0.500. The van der Waals surface area contributed by atoms with Gasteiger partial charge in [0.1, 0.15) is 6.54 Å². The number of carbonyl (C=O) groups excluding carboxylic acids is 1. The largest absolute Gasteiger partial charge is 0.462 e. The number of halogens is 1. The number of esters is 1. The average molecular weight is 262 g/mol. The van der Waals surface area contributed by atoms with Crippen molar-refractivity contribution >= 4 is 27.7 Å². The van der Waals surface area contributed by atoms with E-state index in [-0.39, 0.29) is 18.6 Å². The van der Waals surface area contributed by atoms with E-state index in [1.165, 1.54) is 4.68 Å². The molecule has 2 N–H and O–H groups in total. The van der Waals surface area contributed by atoms with Crippen molar-refractivity contribution in [3.63, 3.8) is 0 Å². The number of anilines is 1. The lowest BCUT2D eigenvalue weighted by atomic mass is 10.5. The maximum atomic E-state index is 11.2. The highest BCUT2D eigenvalue weighted by molar-refractivity contribution is 9.10. The molecule has 0 bridgehead atoms. The molecule has 1 heterocycles. The van der Waals surface area contributed by atoms with Gasteiger partial charge < -0.3 is 10.5 Å². The average Bonchev–Trinajstić information content (AvgIpc) is 2.28. The standard InChI is InChI=1S/C8H12BrN3O2/c1-5(2)14-7(13)4-12-3-6(9)8(10)11-12/h3,5H,4H2,1-2H3,(H2,10,11). The lowest BCUT2D eigenvalue weighted by Gasteiger charge is -2.07. The molecule has 1 aromatic rings. The molecule has 0 aliphatic carbocycles. The molecule has 0 amide bonds. The summed E-state index contributed by atoms with van der Waals surface area (Å²) in [5, 5.41) is 3.90. The number of aromatic nitrogens is 2. The summed E-state index contributed by atoms with van der Waals surface area (Å²) in [6, 6.07) is 0. The molecule has 1 aromatic heterocycles. The van der Waals surface area contributed by atoms with Crippen molar-refractivity contribution in [1.29, 1.82) is 0 Å². The van der Waals surface area contributed by atoms with E-state index in [4.69, 9.17) is 10.5 Å². The topological polar surface area (TPSA) is 70.1 Å². The van der Waals surface area contributed by atoms with Gasteiger partial charge in [0.25, 0.3) is 0 Å². The van der Waals surface area contributed by atoms with Gasteiger partial charge in [0.05, 0.1) is 10.6 Å². The summed E-state index contributed by atoms with van der Waals surface area (Å²) in [6.07, 6.45) is 1.52. The Morgan fingerprint density at radius 1 is 1.79 bits per heavy atom. The van der Waals surface area contributed by atoms with Crippen LogP contribution in [0.25, 0.3) is 0 Å². The Balaban J connectivity index is 2.56. The zero-order valence-electron chi connectivity index (χ0n) is 8.03. The first-order chi connectivity index (χ1) is 6.49. The molecule has 0 fully saturated rings. The van der Waals surface area contributed by atoms with Crippen molar-refractivity contribution < 1.29 is 9.53 Å². The fourth-order valence-corrected chi connectivity index (χ4v) is 1.24. The molecule has 0 unspecified atom stereocenters. The first kappa shape index (κ1) is 11.0. The number of nitrogen functional groups attached to an aromatic ring is 1. The Kier molecular flexibility index (Phi) is 3.51. The van der Waals surface area contributed by atoms with Crippen LogP contribution in [0.15, 0.2) is 10.7 Å². The molecule has 0 spiro atoms. The highest BCUT2D eigenvalue weighted by Gasteiger charge is 2.09. The van der Waals surface area contributed by atoms with Crippen molar-refractivity contribution in [1.82, 2.24) is 9.78 Å². The van der Waals surface area contributed by atoms with Gasteiger partial charge in [-0.05, 0) is 29.8 Å². The summed E-state index contributed by atoms with van der Waals surface area (Å²) >= 11 is 3.20. The number of nitrogens with two attached hydrogens (primary N) is 1. The van der Waals surface area contributed by atoms with Crippen LogP contribution in [0.5, 0.6) is 0 Å². The normalized spacial score (nSPS) is 10.6. The molecule has 0 aliphatic heterocycles. The first-order valence-corrected chi connectivity index (χ1v) is 4.96. The zero-order chi connectivity index (χ0) is 10.7. The molecule has 0 saturated heterocycles. The Labute approximate surface area is 90.3 Å². The number of hydrogen-bond donors (Lipinski definition) is 1. The minimum atomic E-state index is -0.324. The molecule has 0 saturated carbocycles. The van der Waals surface area contributed by atoms with Gasteiger partial charge in [0.2, 0.25) is 0 Å². The predicted molar refractivity (Wildman–Crippen MR) is 55.6 cm³/mol. The molecule has 0 aliphatic rings. The number of rotatable bonds is 3. The van der Waals surface area contributed by atoms with E-state index < -0.39 is 0 Å². The number of hydrogen-bond acceptors (Lipinski definition) is 4. The van der Waals surface area contributed by atoms with Crippen LogP contribution < -0.4 is 5.73 Å². The van der Waals surface area contributed by atoms with Crippen LogP contribution in [0, 0.1) is 0 Å². The zero-order valence-corrected chi connectivity index (χ0v) is 9.61. The Hall–Kier alpha value is -1.04. The molecule has 6 heteroatoms. The summed E-state index contributed by atoms with van der Waals surface area (Å²) in [5.74, 6) is 0.0392. The maximum absolute atomic E-state index is 11.2. The van der Waals surface area contributed by atoms with Crippen LogP contribution in [-0.4, -0.2) is 21.9 Å². The second kappa shape index (κ2) is 4.45. The second-order valence-corrected chi connectivity index (χ2v) is 3.95. The molecule has 14 heavy (non-hydrogen) atoms. The lowest BCUT2D eigenvalue weighted by molar-refractivity contribution is -0.148. The third-order valence-corrected chi connectivity index (χ3v) is 2.01. The minimum absolute atomic E-state index is 0.0774. The minimum Gasteiger partial charge on any atom is -0.462 e. The van der Waals surface area contributed by atoms with Crippen molar-refractivity contribution in [3.8, 4) is 0 Å². The van der Waals surface area contributed by atoms with E-state index >= 15 is 0 Å². The van der Waals surface area contributed by atoms with Gasteiger partial charge in [-0.1, -0.05) is 0 Å². The van der Waals surface area contributed by atoms with Gasteiger partial charge in [-0.3, -0.25) is 9.48 Å². The highest BCUT2D eigenvalue weighted by atomic mass is 79.9. The maximum Gasteiger partial charge on any atom is 0.328 e. The van der Waals surface area contributed by atoms with E-state index in [2.05, 4.69) is 21.0 Å². The molecular weight excluding hydrogens is 250 g/mol. The van der Waals surface area contributed by atoms with Gasteiger partial charge in [-0.25, -0.2) is 0 Å². The van der Waals surface area contributed by atoms with E-state index in [9.17, 15) is 4.79 Å². The highest BCUT2D eigenvalue weighted by Crippen LogP contribution is 2.16. The van der Waals surface area contributed by atoms with Crippen molar-refractivity contribution in [2.45, 2.75) is 26.5 Å². The summed E-state index contributed by atoms with van der Waals surface area (Å²) in [4.78, 5) is 11.2. The number of ether oxygens (including phenoxy) is 1. The van der Waals surface area contributed by atoms with E-state index in [0.717, 1.165) is 0 Å². The van der Waals surface area contributed by atoms with Crippen LogP contribution in [0.3, 0.4) is 0 Å². The lowest BCUT2D eigenvalue weighted by Crippen LogP contribution is -2.17.